The molecule has 2 rings (SSSR count). The van der Waals surface area contributed by atoms with Gasteiger partial charge in [-0.1, -0.05) is 29.8 Å². The van der Waals surface area contributed by atoms with Crippen molar-refractivity contribution in [2.75, 3.05) is 7.05 Å². The van der Waals surface area contributed by atoms with Crippen LogP contribution in [0.15, 0.2) is 36.4 Å². The molecular formula is C12H12ClN. The topological polar surface area (TPSA) is 12.0 Å². The van der Waals surface area contributed by atoms with Crippen molar-refractivity contribution >= 4 is 22.4 Å². The van der Waals surface area contributed by atoms with Crippen molar-refractivity contribution in [2.45, 2.75) is 6.54 Å². The summed E-state index contributed by atoms with van der Waals surface area (Å²) >= 11 is 5.91. The minimum absolute atomic E-state index is 0.791. The van der Waals surface area contributed by atoms with Crippen LogP contribution in [0.25, 0.3) is 10.8 Å². The van der Waals surface area contributed by atoms with E-state index in [1.54, 1.807) is 0 Å². The molecule has 72 valence electrons. The third-order valence-electron chi connectivity index (χ3n) is 2.25. The lowest BCUT2D eigenvalue weighted by Crippen LogP contribution is -2.04. The van der Waals surface area contributed by atoms with Crippen molar-refractivity contribution in [3.63, 3.8) is 0 Å². The zero-order valence-electron chi connectivity index (χ0n) is 8.05. The van der Waals surface area contributed by atoms with Crippen LogP contribution < -0.4 is 5.32 Å². The predicted molar refractivity (Wildman–Crippen MR) is 61.7 cm³/mol. The molecule has 0 atom stereocenters. The van der Waals surface area contributed by atoms with Crippen molar-refractivity contribution in [2.24, 2.45) is 0 Å². The molecule has 0 fully saturated rings. The molecule has 0 saturated carbocycles. The lowest BCUT2D eigenvalue weighted by molar-refractivity contribution is 0.819. The molecule has 0 bridgehead atoms. The Morgan fingerprint density at radius 3 is 2.57 bits per heavy atom. The summed E-state index contributed by atoms with van der Waals surface area (Å²) in [7, 11) is 1.95. The predicted octanol–water partition coefficient (Wildman–Crippen LogP) is 3.21. The van der Waals surface area contributed by atoms with Gasteiger partial charge in [0, 0.05) is 11.6 Å². The van der Waals surface area contributed by atoms with E-state index in [1.165, 1.54) is 16.3 Å². The number of hydrogen-bond donors (Lipinski definition) is 1. The third kappa shape index (κ3) is 1.89. The molecule has 0 radical (unpaired) electrons. The Bertz CT molecular complexity index is 451. The van der Waals surface area contributed by atoms with E-state index < -0.39 is 0 Å². The van der Waals surface area contributed by atoms with Crippen molar-refractivity contribution in [3.8, 4) is 0 Å². The maximum atomic E-state index is 5.91. The van der Waals surface area contributed by atoms with E-state index >= 15 is 0 Å². The number of hydrogen-bond acceptors (Lipinski definition) is 1. The number of nitrogens with one attached hydrogen (secondary N) is 1. The van der Waals surface area contributed by atoms with Crippen LogP contribution in [-0.2, 0) is 6.54 Å². The maximum absolute atomic E-state index is 5.91. The molecule has 1 N–H and O–H groups in total. The second-order valence-electron chi connectivity index (χ2n) is 3.36. The monoisotopic (exact) mass is 205 g/mol. The van der Waals surface area contributed by atoms with Gasteiger partial charge in [-0.2, -0.15) is 0 Å². The van der Waals surface area contributed by atoms with Gasteiger partial charge in [0.05, 0.1) is 0 Å². The molecule has 2 aromatic carbocycles. The average molecular weight is 206 g/mol. The first kappa shape index (κ1) is 9.50. The van der Waals surface area contributed by atoms with Crippen LogP contribution in [-0.4, -0.2) is 7.05 Å². The summed E-state index contributed by atoms with van der Waals surface area (Å²) in [5.74, 6) is 0. The zero-order chi connectivity index (χ0) is 9.97. The Labute approximate surface area is 88.7 Å². The minimum atomic E-state index is 0.791. The fourth-order valence-corrected chi connectivity index (χ4v) is 1.76. The Morgan fingerprint density at radius 2 is 1.79 bits per heavy atom. The number of fused-ring (bicyclic) bond motifs is 1. The SMILES string of the molecule is CNCc1ccc2cc(Cl)ccc2c1. The third-order valence-corrected chi connectivity index (χ3v) is 2.48. The fraction of sp³-hybridized carbons (Fsp3) is 0.167. The van der Waals surface area contributed by atoms with Gasteiger partial charge in [0.2, 0.25) is 0 Å². The highest BCUT2D eigenvalue weighted by Crippen LogP contribution is 2.20. The molecule has 0 saturated heterocycles. The Balaban J connectivity index is 2.50. The molecule has 0 aliphatic heterocycles. The summed E-state index contributed by atoms with van der Waals surface area (Å²) in [6, 6.07) is 12.4. The van der Waals surface area contributed by atoms with Crippen LogP contribution in [0.5, 0.6) is 0 Å². The van der Waals surface area contributed by atoms with Crippen molar-refractivity contribution in [1.82, 2.24) is 5.32 Å². The molecule has 0 amide bonds. The Hall–Kier alpha value is -1.05. The first-order valence-corrected chi connectivity index (χ1v) is 5.00. The van der Waals surface area contributed by atoms with Crippen LogP contribution in [0.3, 0.4) is 0 Å². The van der Waals surface area contributed by atoms with E-state index in [1.807, 2.05) is 19.2 Å². The summed E-state index contributed by atoms with van der Waals surface area (Å²) in [4.78, 5) is 0. The van der Waals surface area contributed by atoms with Gasteiger partial charge >= 0.3 is 0 Å². The molecule has 2 heteroatoms. The average Bonchev–Trinajstić information content (AvgIpc) is 2.19. The molecule has 0 aliphatic rings. The lowest BCUT2D eigenvalue weighted by Gasteiger charge is -2.03. The molecule has 1 nitrogen and oxygen atoms in total. The molecule has 0 aromatic heterocycles. The summed E-state index contributed by atoms with van der Waals surface area (Å²) in [6.45, 7) is 0.901. The summed E-state index contributed by atoms with van der Waals surface area (Å²) < 4.78 is 0. The van der Waals surface area contributed by atoms with Crippen LogP contribution >= 0.6 is 11.6 Å². The smallest absolute Gasteiger partial charge is 0.0412 e. The van der Waals surface area contributed by atoms with E-state index in [0.717, 1.165) is 11.6 Å². The van der Waals surface area contributed by atoms with Gasteiger partial charge in [-0.3, -0.25) is 0 Å². The Kier molecular flexibility index (Phi) is 2.71. The second-order valence-corrected chi connectivity index (χ2v) is 3.79. The number of halogens is 1. The van der Waals surface area contributed by atoms with Gasteiger partial charge in [-0.25, -0.2) is 0 Å². The van der Waals surface area contributed by atoms with Crippen molar-refractivity contribution < 1.29 is 0 Å². The van der Waals surface area contributed by atoms with Crippen LogP contribution in [0.1, 0.15) is 5.56 Å². The highest BCUT2D eigenvalue weighted by molar-refractivity contribution is 6.31. The van der Waals surface area contributed by atoms with Gasteiger partial charge in [0.15, 0.2) is 0 Å². The number of rotatable bonds is 2. The van der Waals surface area contributed by atoms with E-state index in [9.17, 15) is 0 Å². The van der Waals surface area contributed by atoms with Gasteiger partial charge in [0.1, 0.15) is 0 Å². The molecule has 14 heavy (non-hydrogen) atoms. The largest absolute Gasteiger partial charge is 0.316 e. The molecule has 0 unspecified atom stereocenters. The second kappa shape index (κ2) is 3.99. The zero-order valence-corrected chi connectivity index (χ0v) is 8.81. The van der Waals surface area contributed by atoms with Crippen LogP contribution in [0, 0.1) is 0 Å². The summed E-state index contributed by atoms with van der Waals surface area (Å²) in [5.41, 5.74) is 1.29. The molecule has 0 heterocycles. The normalized spacial score (nSPS) is 10.7. The lowest BCUT2D eigenvalue weighted by atomic mass is 10.1. The molecule has 2 aromatic rings. The quantitative estimate of drug-likeness (QED) is 0.794. The van der Waals surface area contributed by atoms with E-state index in [0.29, 0.717) is 0 Å². The van der Waals surface area contributed by atoms with Gasteiger partial charge in [0.25, 0.3) is 0 Å². The first-order chi connectivity index (χ1) is 6.79. The standard InChI is InChI=1S/C12H12ClN/c1-14-8-9-2-3-11-7-12(13)5-4-10(11)6-9/h2-7,14H,8H2,1H3. The Morgan fingerprint density at radius 1 is 1.07 bits per heavy atom. The first-order valence-electron chi connectivity index (χ1n) is 4.62. The molecular weight excluding hydrogens is 194 g/mol. The van der Waals surface area contributed by atoms with Crippen molar-refractivity contribution in [3.05, 3.63) is 47.0 Å². The van der Waals surface area contributed by atoms with Crippen molar-refractivity contribution in [1.29, 1.82) is 0 Å². The van der Waals surface area contributed by atoms with Gasteiger partial charge in [-0.15, -0.1) is 0 Å². The number of benzene rings is 2. The molecule has 0 spiro atoms. The summed E-state index contributed by atoms with van der Waals surface area (Å²) in [6.07, 6.45) is 0. The summed E-state index contributed by atoms with van der Waals surface area (Å²) in [5, 5.41) is 6.35. The van der Waals surface area contributed by atoms with E-state index in [-0.39, 0.29) is 0 Å². The van der Waals surface area contributed by atoms with E-state index in [2.05, 4.69) is 29.6 Å². The highest BCUT2D eigenvalue weighted by atomic mass is 35.5. The maximum Gasteiger partial charge on any atom is 0.0412 e. The van der Waals surface area contributed by atoms with E-state index in [4.69, 9.17) is 11.6 Å². The van der Waals surface area contributed by atoms with Gasteiger partial charge < -0.3 is 5.32 Å². The van der Waals surface area contributed by atoms with Gasteiger partial charge in [-0.05, 0) is 41.6 Å². The fourth-order valence-electron chi connectivity index (χ4n) is 1.58. The molecule has 0 aliphatic carbocycles. The highest BCUT2D eigenvalue weighted by Gasteiger charge is 1.96. The van der Waals surface area contributed by atoms with Crippen LogP contribution in [0.4, 0.5) is 0 Å². The minimum Gasteiger partial charge on any atom is -0.316 e. The van der Waals surface area contributed by atoms with Crippen LogP contribution in [0.2, 0.25) is 5.02 Å².